The first-order valence-electron chi connectivity index (χ1n) is 5.89. The molecule has 1 nitrogen and oxygen atoms in total. The fourth-order valence-electron chi connectivity index (χ4n) is 0.842. The zero-order chi connectivity index (χ0) is 12.7. The summed E-state index contributed by atoms with van der Waals surface area (Å²) < 4.78 is 0. The Morgan fingerprint density at radius 1 is 1.27 bits per heavy atom. The number of hydrogen-bond acceptors (Lipinski definition) is 1. The van der Waals surface area contributed by atoms with Crippen molar-refractivity contribution in [2.24, 2.45) is 0 Å². The molecule has 0 amide bonds. The van der Waals surface area contributed by atoms with Gasteiger partial charge in [-0.25, -0.2) is 0 Å². The van der Waals surface area contributed by atoms with Crippen molar-refractivity contribution in [2.45, 2.75) is 54.1 Å². The van der Waals surface area contributed by atoms with Crippen molar-refractivity contribution < 1.29 is 5.11 Å². The summed E-state index contributed by atoms with van der Waals surface area (Å²) >= 11 is 0. The van der Waals surface area contributed by atoms with Crippen molar-refractivity contribution in [3.8, 4) is 0 Å². The second kappa shape index (κ2) is 18.9. The summed E-state index contributed by atoms with van der Waals surface area (Å²) in [5.74, 6) is 0. The topological polar surface area (TPSA) is 20.2 Å². The molecule has 0 aliphatic rings. The third kappa shape index (κ3) is 13.2. The molecule has 0 aliphatic heterocycles. The van der Waals surface area contributed by atoms with Crippen LogP contribution < -0.4 is 0 Å². The van der Waals surface area contributed by atoms with Crippen LogP contribution in [0.5, 0.6) is 0 Å². The molecule has 0 rings (SSSR count). The monoisotopic (exact) mass is 212 g/mol. The molecule has 0 aromatic heterocycles. The van der Waals surface area contributed by atoms with Gasteiger partial charge in [0.1, 0.15) is 0 Å². The van der Waals surface area contributed by atoms with E-state index in [1.165, 1.54) is 0 Å². The van der Waals surface area contributed by atoms with Crippen LogP contribution in [-0.4, -0.2) is 11.2 Å². The first kappa shape index (κ1) is 19.7. The van der Waals surface area contributed by atoms with Crippen LogP contribution in [-0.2, 0) is 0 Å². The Kier molecular flexibility index (Phi) is 24.8. The summed E-state index contributed by atoms with van der Waals surface area (Å²) in [6, 6.07) is 0. The third-order valence-corrected chi connectivity index (χ3v) is 1.44. The molecule has 1 heteroatoms. The Morgan fingerprint density at radius 3 is 2.00 bits per heavy atom. The van der Waals surface area contributed by atoms with Crippen LogP contribution in [0.15, 0.2) is 36.5 Å². The van der Waals surface area contributed by atoms with E-state index >= 15 is 0 Å². The Hall–Kier alpha value is -0.820. The lowest BCUT2D eigenvalue weighted by Gasteiger charge is -2.07. The van der Waals surface area contributed by atoms with Crippen molar-refractivity contribution in [2.75, 3.05) is 0 Å². The molecule has 0 bridgehead atoms. The van der Waals surface area contributed by atoms with Crippen molar-refractivity contribution in [1.29, 1.82) is 0 Å². The molecule has 1 unspecified atom stereocenters. The van der Waals surface area contributed by atoms with E-state index in [1.54, 1.807) is 6.08 Å². The highest BCUT2D eigenvalue weighted by molar-refractivity contribution is 5.26. The largest absolute Gasteiger partial charge is 0.388 e. The molecule has 0 aliphatic carbocycles. The molecular weight excluding hydrogens is 184 g/mol. The molecule has 0 saturated carbocycles. The number of allylic oxidation sites excluding steroid dienone is 3. The minimum absolute atomic E-state index is 0.357. The van der Waals surface area contributed by atoms with Crippen LogP contribution in [0.2, 0.25) is 0 Å². The van der Waals surface area contributed by atoms with Gasteiger partial charge in [-0.05, 0) is 18.9 Å². The maximum Gasteiger partial charge on any atom is 0.0787 e. The fraction of sp³-hybridized carbons (Fsp3) is 0.571. The molecule has 15 heavy (non-hydrogen) atoms. The van der Waals surface area contributed by atoms with Crippen LogP contribution in [0, 0.1) is 0 Å². The van der Waals surface area contributed by atoms with E-state index in [9.17, 15) is 5.11 Å². The maximum atomic E-state index is 9.41. The highest BCUT2D eigenvalue weighted by Crippen LogP contribution is 2.07. The zero-order valence-electron chi connectivity index (χ0n) is 11.2. The molecule has 0 aromatic rings. The molecule has 1 N–H and O–H groups in total. The van der Waals surface area contributed by atoms with Gasteiger partial charge in [-0.3, -0.25) is 0 Å². The normalized spacial score (nSPS) is 12.1. The lowest BCUT2D eigenvalue weighted by atomic mass is 10.1. The van der Waals surface area contributed by atoms with Crippen LogP contribution in [0.4, 0.5) is 0 Å². The first-order chi connectivity index (χ1) is 7.26. The molecule has 0 radical (unpaired) electrons. The number of aliphatic hydroxyl groups excluding tert-OH is 1. The first-order valence-corrected chi connectivity index (χ1v) is 5.89. The van der Waals surface area contributed by atoms with E-state index in [2.05, 4.69) is 6.58 Å². The second-order valence-corrected chi connectivity index (χ2v) is 2.33. The quantitative estimate of drug-likeness (QED) is 0.680. The smallest absolute Gasteiger partial charge is 0.0787 e. The Labute approximate surface area is 96.2 Å². The molecular formula is C14H28O. The average Bonchev–Trinajstić information content (AvgIpc) is 2.33. The Morgan fingerprint density at radius 2 is 1.73 bits per heavy atom. The number of aliphatic hydroxyl groups is 1. The highest BCUT2D eigenvalue weighted by Gasteiger charge is 2.02. The van der Waals surface area contributed by atoms with Crippen LogP contribution in [0.3, 0.4) is 0 Å². The highest BCUT2D eigenvalue weighted by atomic mass is 16.3. The summed E-state index contributed by atoms with van der Waals surface area (Å²) in [5.41, 5.74) is 0.921. The SMILES string of the molecule is C=C/C=C(\C=C/C)C(O)CC.CC.CC. The van der Waals surface area contributed by atoms with Gasteiger partial charge in [0.15, 0.2) is 0 Å². The van der Waals surface area contributed by atoms with E-state index in [4.69, 9.17) is 0 Å². The Bertz CT molecular complexity index is 166. The van der Waals surface area contributed by atoms with E-state index in [0.717, 1.165) is 12.0 Å². The van der Waals surface area contributed by atoms with E-state index < -0.39 is 0 Å². The standard InChI is InChI=1S/C10H16O.2C2H6/c1-4-7-9(8-5-2)10(11)6-3;2*1-2/h4-5,7-8,10-11H,1,6H2,2-3H3;2*1-2H3/b8-5-,9-7+;;. The average molecular weight is 212 g/mol. The lowest BCUT2D eigenvalue weighted by Crippen LogP contribution is -2.06. The summed E-state index contributed by atoms with van der Waals surface area (Å²) in [4.78, 5) is 0. The maximum absolute atomic E-state index is 9.41. The molecule has 0 saturated heterocycles. The van der Waals surface area contributed by atoms with Gasteiger partial charge in [0.25, 0.3) is 0 Å². The predicted molar refractivity (Wildman–Crippen MR) is 72.1 cm³/mol. The van der Waals surface area contributed by atoms with E-state index in [0.29, 0.717) is 0 Å². The van der Waals surface area contributed by atoms with Gasteiger partial charge in [-0.15, -0.1) is 0 Å². The Balaban J connectivity index is -0.000000318. The molecule has 0 spiro atoms. The predicted octanol–water partition coefficient (Wildman–Crippen LogP) is 4.50. The minimum atomic E-state index is -0.357. The lowest BCUT2D eigenvalue weighted by molar-refractivity contribution is 0.210. The zero-order valence-corrected chi connectivity index (χ0v) is 11.2. The van der Waals surface area contributed by atoms with E-state index in [1.807, 2.05) is 59.8 Å². The van der Waals surface area contributed by atoms with Crippen molar-refractivity contribution in [3.63, 3.8) is 0 Å². The summed E-state index contributed by atoms with van der Waals surface area (Å²) in [6.45, 7) is 15.5. The van der Waals surface area contributed by atoms with Crippen molar-refractivity contribution in [3.05, 3.63) is 36.5 Å². The van der Waals surface area contributed by atoms with Gasteiger partial charge < -0.3 is 5.11 Å². The van der Waals surface area contributed by atoms with Crippen molar-refractivity contribution >= 4 is 0 Å². The van der Waals surface area contributed by atoms with Crippen LogP contribution >= 0.6 is 0 Å². The molecule has 90 valence electrons. The second-order valence-electron chi connectivity index (χ2n) is 2.33. The van der Waals surface area contributed by atoms with Crippen LogP contribution in [0.1, 0.15) is 48.0 Å². The van der Waals surface area contributed by atoms with Gasteiger partial charge in [0.05, 0.1) is 6.10 Å². The molecule has 0 heterocycles. The molecule has 1 atom stereocenters. The summed E-state index contributed by atoms with van der Waals surface area (Å²) in [7, 11) is 0. The number of rotatable bonds is 4. The molecule has 0 fully saturated rings. The van der Waals surface area contributed by atoms with Gasteiger partial charge in [-0.1, -0.05) is 65.5 Å². The van der Waals surface area contributed by atoms with Crippen molar-refractivity contribution in [1.82, 2.24) is 0 Å². The third-order valence-electron chi connectivity index (χ3n) is 1.44. The van der Waals surface area contributed by atoms with Crippen LogP contribution in [0.25, 0.3) is 0 Å². The number of hydrogen-bond donors (Lipinski definition) is 1. The van der Waals surface area contributed by atoms with E-state index in [-0.39, 0.29) is 6.10 Å². The summed E-state index contributed by atoms with van der Waals surface area (Å²) in [5, 5.41) is 9.41. The van der Waals surface area contributed by atoms with Gasteiger partial charge in [-0.2, -0.15) is 0 Å². The van der Waals surface area contributed by atoms with Gasteiger partial charge >= 0.3 is 0 Å². The minimum Gasteiger partial charge on any atom is -0.388 e. The van der Waals surface area contributed by atoms with Gasteiger partial charge in [0.2, 0.25) is 0 Å². The summed E-state index contributed by atoms with van der Waals surface area (Å²) in [6.07, 6.45) is 7.71. The molecule has 0 aromatic carbocycles. The fourth-order valence-corrected chi connectivity index (χ4v) is 0.842. The van der Waals surface area contributed by atoms with Gasteiger partial charge in [0, 0.05) is 0 Å².